The van der Waals surface area contributed by atoms with E-state index >= 15 is 0 Å². The van der Waals surface area contributed by atoms with Crippen LogP contribution >= 0.6 is 9.39 Å². The van der Waals surface area contributed by atoms with Gasteiger partial charge in [0.1, 0.15) is 0 Å². The number of hydrogen-bond donors (Lipinski definition) is 2. The summed E-state index contributed by atoms with van der Waals surface area (Å²) in [5, 5.41) is 0. The zero-order chi connectivity index (χ0) is 10.7. The van der Waals surface area contributed by atoms with Gasteiger partial charge in [-0.2, -0.15) is 0 Å². The zero-order valence-corrected chi connectivity index (χ0v) is 9.41. The fourth-order valence-corrected chi connectivity index (χ4v) is 1.69. The largest absolute Gasteiger partial charge is 0.325 e. The molecule has 5 nitrogen and oxygen atoms in total. The standard InChI is InChI=1S/C6H8N3O2P.C2H6/c10-5-3-1-9(12)2-4(3)7-6(11)8-5;1-2/h1-2,12H2,(H2,7,8,10,11);1-2H3. The molecule has 0 amide bonds. The third-order valence-corrected chi connectivity index (χ3v) is 2.22. The summed E-state index contributed by atoms with van der Waals surface area (Å²) in [5.41, 5.74) is 0.668. The minimum absolute atomic E-state index is 0.279. The molecule has 0 bridgehead atoms. The second-order valence-electron chi connectivity index (χ2n) is 2.77. The number of aromatic amines is 2. The van der Waals surface area contributed by atoms with Gasteiger partial charge >= 0.3 is 5.69 Å². The maximum Gasteiger partial charge on any atom is 0.325 e. The van der Waals surface area contributed by atoms with Gasteiger partial charge in [0, 0.05) is 18.8 Å². The molecule has 1 aliphatic heterocycles. The van der Waals surface area contributed by atoms with Crippen molar-refractivity contribution in [1.82, 2.24) is 14.6 Å². The molecule has 1 atom stereocenters. The van der Waals surface area contributed by atoms with E-state index in [0.717, 1.165) is 5.69 Å². The lowest BCUT2D eigenvalue weighted by molar-refractivity contribution is 0.504. The molecule has 1 unspecified atom stereocenters. The van der Waals surface area contributed by atoms with Crippen molar-refractivity contribution in [3.05, 3.63) is 32.1 Å². The van der Waals surface area contributed by atoms with E-state index in [9.17, 15) is 9.59 Å². The van der Waals surface area contributed by atoms with Crippen LogP contribution in [0.2, 0.25) is 0 Å². The summed E-state index contributed by atoms with van der Waals surface area (Å²) < 4.78 is 1.88. The smallest absolute Gasteiger partial charge is 0.310 e. The summed E-state index contributed by atoms with van der Waals surface area (Å²) in [7, 11) is 2.49. The van der Waals surface area contributed by atoms with Crippen LogP contribution in [0.1, 0.15) is 25.1 Å². The Kier molecular flexibility index (Phi) is 3.61. The Morgan fingerprint density at radius 1 is 1.21 bits per heavy atom. The Labute approximate surface area is 83.8 Å². The quantitative estimate of drug-likeness (QED) is 0.607. The van der Waals surface area contributed by atoms with Gasteiger partial charge in [-0.15, -0.1) is 0 Å². The van der Waals surface area contributed by atoms with E-state index in [4.69, 9.17) is 0 Å². The Morgan fingerprint density at radius 3 is 2.50 bits per heavy atom. The second-order valence-corrected chi connectivity index (χ2v) is 3.50. The van der Waals surface area contributed by atoms with Crippen LogP contribution in [0.15, 0.2) is 9.59 Å². The first-order valence-corrected chi connectivity index (χ1v) is 5.02. The molecule has 0 radical (unpaired) electrons. The molecule has 0 spiro atoms. The molecule has 2 heterocycles. The normalized spacial score (nSPS) is 14.5. The fourth-order valence-electron chi connectivity index (χ4n) is 1.32. The number of hydrogen-bond acceptors (Lipinski definition) is 3. The lowest BCUT2D eigenvalue weighted by Crippen LogP contribution is -2.25. The first-order chi connectivity index (χ1) is 6.66. The first kappa shape index (κ1) is 11.1. The maximum absolute atomic E-state index is 11.2. The van der Waals surface area contributed by atoms with E-state index in [1.165, 1.54) is 0 Å². The highest BCUT2D eigenvalue weighted by Gasteiger charge is 2.19. The molecular weight excluding hydrogens is 201 g/mol. The second kappa shape index (κ2) is 4.53. The molecule has 0 fully saturated rings. The van der Waals surface area contributed by atoms with Crippen molar-refractivity contribution in [2.75, 3.05) is 0 Å². The Balaban J connectivity index is 0.000000461. The molecule has 0 saturated carbocycles. The van der Waals surface area contributed by atoms with Crippen molar-refractivity contribution in [2.45, 2.75) is 26.9 Å². The number of rotatable bonds is 0. The van der Waals surface area contributed by atoms with Crippen molar-refractivity contribution in [1.29, 1.82) is 0 Å². The molecule has 0 saturated heterocycles. The van der Waals surface area contributed by atoms with Gasteiger partial charge in [-0.3, -0.25) is 14.4 Å². The van der Waals surface area contributed by atoms with Crippen molar-refractivity contribution < 1.29 is 0 Å². The molecule has 2 rings (SSSR count). The van der Waals surface area contributed by atoms with Crippen LogP contribution in [0.25, 0.3) is 0 Å². The molecule has 14 heavy (non-hydrogen) atoms. The number of nitrogens with zero attached hydrogens (tertiary/aromatic N) is 1. The highest BCUT2D eigenvalue weighted by molar-refractivity contribution is 7.13. The highest BCUT2D eigenvalue weighted by Crippen LogP contribution is 2.18. The van der Waals surface area contributed by atoms with Crippen molar-refractivity contribution in [3.8, 4) is 0 Å². The topological polar surface area (TPSA) is 69.0 Å². The van der Waals surface area contributed by atoms with E-state index in [1.807, 2.05) is 18.5 Å². The lowest BCUT2D eigenvalue weighted by atomic mass is 10.3. The van der Waals surface area contributed by atoms with Gasteiger partial charge in [0.15, 0.2) is 0 Å². The van der Waals surface area contributed by atoms with Gasteiger partial charge in [-0.05, 0) is 0 Å². The van der Waals surface area contributed by atoms with E-state index in [1.54, 1.807) is 0 Å². The van der Waals surface area contributed by atoms with E-state index in [2.05, 4.69) is 19.4 Å². The third-order valence-electron chi connectivity index (χ3n) is 1.85. The Bertz CT molecular complexity index is 423. The minimum Gasteiger partial charge on any atom is -0.310 e. The van der Waals surface area contributed by atoms with Gasteiger partial charge in [0.05, 0.1) is 5.56 Å². The highest BCUT2D eigenvalue weighted by atomic mass is 31.0. The number of aromatic nitrogens is 2. The molecule has 6 heteroatoms. The average molecular weight is 215 g/mol. The summed E-state index contributed by atoms with van der Waals surface area (Å²) in [6.07, 6.45) is 0. The SMILES string of the molecule is CC.O=c1[nH]c2c(c(=O)[nH]1)CN(P)C2. The van der Waals surface area contributed by atoms with Crippen LogP contribution in [0.4, 0.5) is 0 Å². The van der Waals surface area contributed by atoms with Crippen LogP contribution in [0, 0.1) is 0 Å². The molecule has 1 aromatic rings. The van der Waals surface area contributed by atoms with Crippen LogP contribution < -0.4 is 11.2 Å². The van der Waals surface area contributed by atoms with E-state index in [-0.39, 0.29) is 5.56 Å². The average Bonchev–Trinajstić information content (AvgIpc) is 2.49. The number of H-pyrrole nitrogens is 2. The summed E-state index contributed by atoms with van der Waals surface area (Å²) in [5.74, 6) is 0. The van der Waals surface area contributed by atoms with Crippen molar-refractivity contribution in [3.63, 3.8) is 0 Å². The predicted molar refractivity (Wildman–Crippen MR) is 58.0 cm³/mol. The molecule has 1 aromatic heterocycles. The van der Waals surface area contributed by atoms with E-state index < -0.39 is 5.69 Å². The van der Waals surface area contributed by atoms with Crippen molar-refractivity contribution in [2.24, 2.45) is 0 Å². The number of nitrogens with one attached hydrogen (secondary N) is 2. The summed E-state index contributed by atoms with van der Waals surface area (Å²) in [4.78, 5) is 26.8. The van der Waals surface area contributed by atoms with Crippen LogP contribution in [-0.4, -0.2) is 14.6 Å². The Morgan fingerprint density at radius 2 is 1.86 bits per heavy atom. The molecule has 78 valence electrons. The Hall–Kier alpha value is -0.930. The fraction of sp³-hybridized carbons (Fsp3) is 0.500. The minimum atomic E-state index is -0.431. The third kappa shape index (κ3) is 2.11. The summed E-state index contributed by atoms with van der Waals surface area (Å²) >= 11 is 0. The lowest BCUT2D eigenvalue weighted by Gasteiger charge is -2.01. The first-order valence-electron chi connectivity index (χ1n) is 4.51. The van der Waals surface area contributed by atoms with Crippen LogP contribution in [0.5, 0.6) is 0 Å². The molecule has 0 aliphatic carbocycles. The van der Waals surface area contributed by atoms with Gasteiger partial charge in [0.25, 0.3) is 5.56 Å². The van der Waals surface area contributed by atoms with Gasteiger partial charge in [0.2, 0.25) is 0 Å². The van der Waals surface area contributed by atoms with Crippen molar-refractivity contribution >= 4 is 9.39 Å². The monoisotopic (exact) mass is 215 g/mol. The van der Waals surface area contributed by atoms with Gasteiger partial charge in [-0.1, -0.05) is 23.2 Å². The van der Waals surface area contributed by atoms with Gasteiger partial charge < -0.3 is 4.98 Å². The maximum atomic E-state index is 11.2. The molecule has 0 aromatic carbocycles. The summed E-state index contributed by atoms with van der Waals surface area (Å²) in [6.45, 7) is 5.19. The molecule has 1 aliphatic rings. The molecule has 2 N–H and O–H groups in total. The van der Waals surface area contributed by atoms with Gasteiger partial charge in [-0.25, -0.2) is 4.79 Å². The number of fused-ring (bicyclic) bond motifs is 1. The zero-order valence-electron chi connectivity index (χ0n) is 8.26. The van der Waals surface area contributed by atoms with Crippen LogP contribution in [-0.2, 0) is 13.1 Å². The van der Waals surface area contributed by atoms with E-state index in [0.29, 0.717) is 18.7 Å². The molecular formula is C8H14N3O2P. The van der Waals surface area contributed by atoms with Crippen LogP contribution in [0.3, 0.4) is 0 Å². The summed E-state index contributed by atoms with van der Waals surface area (Å²) in [6, 6.07) is 0. The predicted octanol–water partition coefficient (Wildman–Crippen LogP) is 0.195.